The van der Waals surface area contributed by atoms with Gasteiger partial charge in [0.1, 0.15) is 5.76 Å². The smallest absolute Gasteiger partial charge is 0.138 e. The van der Waals surface area contributed by atoms with Crippen molar-refractivity contribution < 1.29 is 14.4 Å². The molecule has 0 unspecified atom stereocenters. The minimum Gasteiger partial charge on any atom is -0.396 e. The zero-order valence-electron chi connectivity index (χ0n) is 11.0. The summed E-state index contributed by atoms with van der Waals surface area (Å²) in [6.07, 6.45) is 0.643. The van der Waals surface area contributed by atoms with E-state index in [1.165, 1.54) is 0 Å². The van der Waals surface area contributed by atoms with Crippen LogP contribution < -0.4 is 5.32 Å². The zero-order valence-corrected chi connectivity index (χ0v) is 11.0. The molecule has 1 atom stereocenters. The van der Waals surface area contributed by atoms with Gasteiger partial charge < -0.3 is 19.7 Å². The lowest BCUT2D eigenvalue weighted by molar-refractivity contribution is 0.0968. The third-order valence-corrected chi connectivity index (χ3v) is 3.00. The molecule has 0 aliphatic rings. The quantitative estimate of drug-likeness (QED) is 0.751. The van der Waals surface area contributed by atoms with E-state index in [0.717, 1.165) is 17.0 Å². The summed E-state index contributed by atoms with van der Waals surface area (Å²) in [6, 6.07) is 0. The van der Waals surface area contributed by atoms with Gasteiger partial charge in [-0.1, -0.05) is 5.16 Å². The number of hydrogen-bond donors (Lipinski definition) is 2. The molecule has 0 saturated heterocycles. The van der Waals surface area contributed by atoms with E-state index in [0.29, 0.717) is 19.6 Å². The number of nitrogens with zero attached hydrogens (tertiary/aromatic N) is 1. The van der Waals surface area contributed by atoms with Gasteiger partial charge in [0.2, 0.25) is 0 Å². The molecule has 98 valence electrons. The highest BCUT2D eigenvalue weighted by molar-refractivity contribution is 5.20. The van der Waals surface area contributed by atoms with E-state index in [2.05, 4.69) is 10.5 Å². The molecule has 0 aromatic carbocycles. The lowest BCUT2D eigenvalue weighted by Crippen LogP contribution is -2.46. The molecule has 1 heterocycles. The molecular weight excluding hydrogens is 220 g/mol. The maximum atomic E-state index is 9.07. The lowest BCUT2D eigenvalue weighted by Gasteiger charge is -2.29. The number of aryl methyl sites for hydroxylation is 2. The fraction of sp³-hybridized carbons (Fsp3) is 0.750. The molecule has 0 radical (unpaired) electrons. The molecule has 2 N–H and O–H groups in total. The normalized spacial score (nSPS) is 14.9. The Morgan fingerprint density at radius 2 is 2.18 bits per heavy atom. The van der Waals surface area contributed by atoms with E-state index < -0.39 is 0 Å². The minimum absolute atomic E-state index is 0.133. The summed E-state index contributed by atoms with van der Waals surface area (Å²) in [5, 5.41) is 16.4. The van der Waals surface area contributed by atoms with Crippen molar-refractivity contribution in [2.75, 3.05) is 20.3 Å². The Labute approximate surface area is 102 Å². The summed E-state index contributed by atoms with van der Waals surface area (Å²) in [5.74, 6) is 0.832. The summed E-state index contributed by atoms with van der Waals surface area (Å²) in [6.45, 7) is 7.21. The molecule has 0 bridgehead atoms. The van der Waals surface area contributed by atoms with Crippen molar-refractivity contribution in [3.05, 3.63) is 17.0 Å². The summed E-state index contributed by atoms with van der Waals surface area (Å²) < 4.78 is 10.3. The number of ether oxygens (including phenoxy) is 1. The maximum Gasteiger partial charge on any atom is 0.138 e. The van der Waals surface area contributed by atoms with Crippen LogP contribution in [0.1, 0.15) is 30.4 Å². The van der Waals surface area contributed by atoms with Gasteiger partial charge in [-0.3, -0.25) is 0 Å². The summed E-state index contributed by atoms with van der Waals surface area (Å²) in [7, 11) is 1.66. The maximum absolute atomic E-state index is 9.07. The lowest BCUT2D eigenvalue weighted by atomic mass is 9.99. The summed E-state index contributed by atoms with van der Waals surface area (Å²) in [4.78, 5) is 0. The molecule has 1 rings (SSSR count). The minimum atomic E-state index is -0.236. The van der Waals surface area contributed by atoms with Crippen molar-refractivity contribution in [3.63, 3.8) is 0 Å². The summed E-state index contributed by atoms with van der Waals surface area (Å²) in [5.41, 5.74) is 1.74. The van der Waals surface area contributed by atoms with E-state index in [4.69, 9.17) is 14.4 Å². The Morgan fingerprint density at radius 1 is 1.47 bits per heavy atom. The molecule has 0 aliphatic carbocycles. The molecule has 0 spiro atoms. The molecule has 1 aromatic rings. The number of nitrogens with one attached hydrogen (secondary N) is 1. The van der Waals surface area contributed by atoms with E-state index in [1.807, 2.05) is 20.8 Å². The first-order valence-electron chi connectivity index (χ1n) is 5.79. The van der Waals surface area contributed by atoms with E-state index in [9.17, 15) is 0 Å². The van der Waals surface area contributed by atoms with Crippen LogP contribution in [0.5, 0.6) is 0 Å². The van der Waals surface area contributed by atoms with Crippen LogP contribution in [-0.4, -0.2) is 36.1 Å². The van der Waals surface area contributed by atoms with Gasteiger partial charge in [0.15, 0.2) is 0 Å². The average molecular weight is 242 g/mol. The van der Waals surface area contributed by atoms with Crippen LogP contribution in [0.15, 0.2) is 4.52 Å². The van der Waals surface area contributed by atoms with Gasteiger partial charge >= 0.3 is 0 Å². The van der Waals surface area contributed by atoms with Crippen molar-refractivity contribution >= 4 is 0 Å². The van der Waals surface area contributed by atoms with Crippen LogP contribution in [0.2, 0.25) is 0 Å². The first-order valence-corrected chi connectivity index (χ1v) is 5.79. The standard InChI is InChI=1S/C12H22N2O3/c1-9-11(10(2)17-14-9)7-13-12(3,5-6-15)8-16-4/h13,15H,5-8H2,1-4H3/t12-/m1/s1. The van der Waals surface area contributed by atoms with Crippen LogP contribution >= 0.6 is 0 Å². The highest BCUT2D eigenvalue weighted by Crippen LogP contribution is 2.15. The molecule has 0 aliphatic heterocycles. The van der Waals surface area contributed by atoms with Gasteiger partial charge in [0.25, 0.3) is 0 Å². The van der Waals surface area contributed by atoms with Crippen LogP contribution in [0.4, 0.5) is 0 Å². The van der Waals surface area contributed by atoms with Gasteiger partial charge in [0, 0.05) is 31.4 Å². The molecule has 5 nitrogen and oxygen atoms in total. The van der Waals surface area contributed by atoms with Gasteiger partial charge in [-0.05, 0) is 27.2 Å². The highest BCUT2D eigenvalue weighted by atomic mass is 16.5. The Morgan fingerprint density at radius 3 is 2.65 bits per heavy atom. The van der Waals surface area contributed by atoms with E-state index in [-0.39, 0.29) is 12.1 Å². The second kappa shape index (κ2) is 6.14. The first kappa shape index (κ1) is 14.2. The van der Waals surface area contributed by atoms with Crippen LogP contribution in [0, 0.1) is 13.8 Å². The molecule has 0 amide bonds. The van der Waals surface area contributed by atoms with Crippen molar-refractivity contribution in [1.29, 1.82) is 0 Å². The molecular formula is C12H22N2O3. The molecule has 0 saturated carbocycles. The number of aromatic nitrogens is 1. The predicted octanol–water partition coefficient (Wildman–Crippen LogP) is 1.17. The van der Waals surface area contributed by atoms with Gasteiger partial charge in [-0.25, -0.2) is 0 Å². The second-order valence-corrected chi connectivity index (χ2v) is 4.62. The fourth-order valence-electron chi connectivity index (χ4n) is 1.83. The number of hydrogen-bond acceptors (Lipinski definition) is 5. The van der Waals surface area contributed by atoms with Crippen LogP contribution in [0.25, 0.3) is 0 Å². The molecule has 0 fully saturated rings. The van der Waals surface area contributed by atoms with Gasteiger partial charge in [-0.2, -0.15) is 0 Å². The van der Waals surface area contributed by atoms with E-state index >= 15 is 0 Å². The molecule has 5 heteroatoms. The second-order valence-electron chi connectivity index (χ2n) is 4.62. The summed E-state index contributed by atoms with van der Waals surface area (Å²) >= 11 is 0. The topological polar surface area (TPSA) is 67.5 Å². The Kier molecular flexibility index (Phi) is 5.11. The Hall–Kier alpha value is -0.910. The fourth-order valence-corrected chi connectivity index (χ4v) is 1.83. The average Bonchev–Trinajstić information content (AvgIpc) is 2.57. The van der Waals surface area contributed by atoms with Crippen LogP contribution in [0.3, 0.4) is 0 Å². The SMILES string of the molecule is COC[C@@](C)(CCO)NCc1c(C)noc1C. The molecule has 17 heavy (non-hydrogen) atoms. The van der Waals surface area contributed by atoms with E-state index in [1.54, 1.807) is 7.11 Å². The number of aliphatic hydroxyl groups excluding tert-OH is 1. The Balaban J connectivity index is 2.63. The first-order chi connectivity index (χ1) is 8.02. The van der Waals surface area contributed by atoms with Crippen LogP contribution in [-0.2, 0) is 11.3 Å². The van der Waals surface area contributed by atoms with Crippen molar-refractivity contribution in [3.8, 4) is 0 Å². The number of rotatable bonds is 7. The number of aliphatic hydroxyl groups is 1. The third kappa shape index (κ3) is 3.80. The monoisotopic (exact) mass is 242 g/mol. The largest absolute Gasteiger partial charge is 0.396 e. The van der Waals surface area contributed by atoms with Crippen molar-refractivity contribution in [2.45, 2.75) is 39.3 Å². The predicted molar refractivity (Wildman–Crippen MR) is 64.8 cm³/mol. The van der Waals surface area contributed by atoms with Gasteiger partial charge in [0.05, 0.1) is 12.3 Å². The van der Waals surface area contributed by atoms with Crippen molar-refractivity contribution in [1.82, 2.24) is 10.5 Å². The highest BCUT2D eigenvalue weighted by Gasteiger charge is 2.24. The van der Waals surface area contributed by atoms with Crippen molar-refractivity contribution in [2.24, 2.45) is 0 Å². The Bertz CT molecular complexity index is 324. The zero-order chi connectivity index (χ0) is 12.9. The van der Waals surface area contributed by atoms with Gasteiger partial charge in [-0.15, -0.1) is 0 Å². The number of methoxy groups -OCH3 is 1. The third-order valence-electron chi connectivity index (χ3n) is 3.00. The molecule has 1 aromatic heterocycles.